The van der Waals surface area contributed by atoms with E-state index in [2.05, 4.69) is 9.48 Å². The summed E-state index contributed by atoms with van der Waals surface area (Å²) in [4.78, 5) is -0.897. The van der Waals surface area contributed by atoms with Crippen molar-refractivity contribution in [1.82, 2.24) is 8.70 Å². The van der Waals surface area contributed by atoms with Gasteiger partial charge in [-0.2, -0.15) is 0 Å². The highest BCUT2D eigenvalue weighted by Gasteiger charge is 2.37. The second-order valence-electron chi connectivity index (χ2n) is 10.7. The van der Waals surface area contributed by atoms with E-state index in [9.17, 15) is 38.8 Å². The van der Waals surface area contributed by atoms with Gasteiger partial charge in [-0.05, 0) is 52.0 Å². The lowest BCUT2D eigenvalue weighted by Gasteiger charge is -2.23. The molecule has 1 heterocycles. The molecule has 0 saturated carbocycles. The molecule has 0 unspecified atom stereocenters. The normalized spacial score (nSPS) is 12.2. The molecule has 0 bridgehead atoms. The molecule has 0 amide bonds. The fourth-order valence-electron chi connectivity index (χ4n) is 5.69. The zero-order chi connectivity index (χ0) is 35.1. The molecule has 15 heteroatoms. The molecule has 2 aliphatic rings. The van der Waals surface area contributed by atoms with E-state index in [1.54, 1.807) is 24.3 Å². The Labute approximate surface area is 274 Å². The van der Waals surface area contributed by atoms with Crippen LogP contribution in [0.5, 0.6) is 0 Å². The molecular formula is C33H31F5N3O5S2+. The summed E-state index contributed by atoms with van der Waals surface area (Å²) in [5.74, 6) is -12.7. The lowest BCUT2D eigenvalue weighted by atomic mass is 9.93. The van der Waals surface area contributed by atoms with Crippen LogP contribution in [-0.2, 0) is 20.0 Å². The first kappa shape index (κ1) is 35.0. The molecule has 0 aromatic heterocycles. The molecule has 0 fully saturated rings. The Bertz CT molecular complexity index is 2290. The highest BCUT2D eigenvalue weighted by atomic mass is 32.3. The zero-order valence-corrected chi connectivity index (χ0v) is 27.9. The van der Waals surface area contributed by atoms with Crippen molar-refractivity contribution in [3.63, 3.8) is 0 Å². The van der Waals surface area contributed by atoms with Gasteiger partial charge in [0.05, 0.1) is 11.0 Å². The van der Waals surface area contributed by atoms with E-state index in [0.717, 1.165) is 17.1 Å². The quantitative estimate of drug-likeness (QED) is 0.0608. The Balaban J connectivity index is 1.79. The Morgan fingerprint density at radius 3 is 1.92 bits per heavy atom. The molecule has 254 valence electrons. The van der Waals surface area contributed by atoms with E-state index < -0.39 is 58.9 Å². The van der Waals surface area contributed by atoms with Crippen molar-refractivity contribution in [2.75, 3.05) is 31.1 Å². The van der Waals surface area contributed by atoms with Gasteiger partial charge in [-0.1, -0.05) is 18.2 Å². The maximum atomic E-state index is 14.5. The molecule has 0 radical (unpaired) electrons. The minimum Gasteiger partial charge on any atom is -0.456 e. The van der Waals surface area contributed by atoms with Crippen molar-refractivity contribution in [2.24, 2.45) is 0 Å². The van der Waals surface area contributed by atoms with Crippen molar-refractivity contribution in [3.05, 3.63) is 95.1 Å². The summed E-state index contributed by atoms with van der Waals surface area (Å²) in [5.41, 5.74) is 1.98. The van der Waals surface area contributed by atoms with Gasteiger partial charge in [-0.15, -0.1) is 4.13 Å². The monoisotopic (exact) mass is 708 g/mol. The molecule has 5 rings (SSSR count). The third-order valence-electron chi connectivity index (χ3n) is 8.05. The third-order valence-corrected chi connectivity index (χ3v) is 11.6. The molecule has 1 N–H and O–H groups in total. The average molecular weight is 709 g/mol. The molecule has 3 aromatic carbocycles. The fourth-order valence-corrected chi connectivity index (χ4v) is 8.90. The Hall–Kier alpha value is -4.34. The van der Waals surface area contributed by atoms with Gasteiger partial charge in [-0.25, -0.2) is 43.4 Å². The SMILES string of the molecule is CCN(CC)c1ccc2c(-c3ccccc3S(=O)(=O)NS(=O)(=O)c3c(F)c(F)c(F)c(F)c3F)c3ccc(=[N+](CC)CC)cc-3oc2c1. The highest BCUT2D eigenvalue weighted by Crippen LogP contribution is 2.43. The number of halogens is 5. The molecule has 0 saturated heterocycles. The van der Waals surface area contributed by atoms with E-state index in [4.69, 9.17) is 4.42 Å². The smallest absolute Gasteiger partial charge is 0.259 e. The van der Waals surface area contributed by atoms with Crippen LogP contribution < -0.4 is 19.0 Å². The molecule has 3 aromatic rings. The molecule has 8 nitrogen and oxygen atoms in total. The largest absolute Gasteiger partial charge is 0.456 e. The molecule has 1 aliphatic heterocycles. The van der Waals surface area contributed by atoms with Crippen LogP contribution in [0.25, 0.3) is 33.4 Å². The predicted molar refractivity (Wildman–Crippen MR) is 172 cm³/mol. The lowest BCUT2D eigenvalue weighted by molar-refractivity contribution is 0.357. The number of nitrogens with one attached hydrogen (secondary N) is 1. The molecule has 0 atom stereocenters. The fraction of sp³-hybridized carbons (Fsp3) is 0.242. The van der Waals surface area contributed by atoms with Crippen molar-refractivity contribution in [2.45, 2.75) is 37.5 Å². The van der Waals surface area contributed by atoms with Gasteiger partial charge >= 0.3 is 0 Å². The van der Waals surface area contributed by atoms with Crippen LogP contribution in [0.15, 0.2) is 74.9 Å². The summed E-state index contributed by atoms with van der Waals surface area (Å²) in [6.07, 6.45) is 0. The predicted octanol–water partition coefficient (Wildman–Crippen LogP) is 6.23. The first-order chi connectivity index (χ1) is 22.7. The second kappa shape index (κ2) is 13.3. The zero-order valence-electron chi connectivity index (χ0n) is 26.2. The van der Waals surface area contributed by atoms with Crippen molar-refractivity contribution >= 4 is 36.7 Å². The van der Waals surface area contributed by atoms with Crippen LogP contribution in [-0.4, -0.2) is 43.0 Å². The van der Waals surface area contributed by atoms with Gasteiger partial charge in [0.15, 0.2) is 28.2 Å². The van der Waals surface area contributed by atoms with Crippen molar-refractivity contribution in [1.29, 1.82) is 0 Å². The maximum absolute atomic E-state index is 14.5. The van der Waals surface area contributed by atoms with Crippen molar-refractivity contribution in [3.8, 4) is 22.5 Å². The van der Waals surface area contributed by atoms with Crippen LogP contribution in [0.2, 0.25) is 0 Å². The van der Waals surface area contributed by atoms with Crippen LogP contribution in [0.4, 0.5) is 27.6 Å². The van der Waals surface area contributed by atoms with E-state index in [1.807, 2.05) is 39.8 Å². The summed E-state index contributed by atoms with van der Waals surface area (Å²) in [5, 5.41) is 1.29. The number of rotatable bonds is 10. The highest BCUT2D eigenvalue weighted by molar-refractivity contribution is 8.04. The van der Waals surface area contributed by atoms with Gasteiger partial charge in [0.25, 0.3) is 20.0 Å². The molecule has 48 heavy (non-hydrogen) atoms. The Morgan fingerprint density at radius 1 is 0.708 bits per heavy atom. The summed E-state index contributed by atoms with van der Waals surface area (Å²) < 4.78 is 134. The van der Waals surface area contributed by atoms with Crippen LogP contribution in [0.1, 0.15) is 27.7 Å². The minimum absolute atomic E-state index is 0.0189. The molecule has 1 aliphatic carbocycles. The standard InChI is InChI=1S/C33H31F5N3O5S2/c1-5-40(6-2)19-13-15-21-24(17-19)46-25-18-20(41(7-3)8-4)14-16-22(25)27(21)23-11-9-10-12-26(23)47(42,43)39-48(44,45)33-31(37)29(35)28(34)30(36)32(33)38/h9-18,39H,5-8H2,1-4H3/q+1. The van der Waals surface area contributed by atoms with Gasteiger partial charge in [0.1, 0.15) is 24.4 Å². The van der Waals surface area contributed by atoms with Gasteiger partial charge in [-0.3, -0.25) is 0 Å². The van der Waals surface area contributed by atoms with Crippen LogP contribution in [0.3, 0.4) is 0 Å². The summed E-state index contributed by atoms with van der Waals surface area (Å²) in [7, 11) is -11.1. The van der Waals surface area contributed by atoms with Crippen LogP contribution >= 0.6 is 0 Å². The first-order valence-electron chi connectivity index (χ1n) is 14.9. The topological polar surface area (TPSA) is 99.7 Å². The first-order valence-corrected chi connectivity index (χ1v) is 17.9. The van der Waals surface area contributed by atoms with Crippen LogP contribution in [0, 0.1) is 29.1 Å². The number of benzene rings is 4. The van der Waals surface area contributed by atoms with E-state index in [0.29, 0.717) is 54.0 Å². The maximum Gasteiger partial charge on any atom is 0.259 e. The minimum atomic E-state index is -5.88. The van der Waals surface area contributed by atoms with Gasteiger partial charge < -0.3 is 9.32 Å². The second-order valence-corrected chi connectivity index (χ2v) is 14.2. The Kier molecular flexibility index (Phi) is 9.68. The number of sulfonamides is 2. The number of hydrogen-bond acceptors (Lipinski definition) is 6. The summed E-state index contributed by atoms with van der Waals surface area (Å²) in [6, 6.07) is 16.0. The summed E-state index contributed by atoms with van der Waals surface area (Å²) in [6.45, 7) is 10.7. The average Bonchev–Trinajstić information content (AvgIpc) is 3.05. The van der Waals surface area contributed by atoms with E-state index in [1.165, 1.54) is 22.3 Å². The number of anilines is 1. The van der Waals surface area contributed by atoms with E-state index in [-0.39, 0.29) is 5.56 Å². The Morgan fingerprint density at radius 2 is 1.31 bits per heavy atom. The molecule has 0 spiro atoms. The molecular weight excluding hydrogens is 678 g/mol. The third kappa shape index (κ3) is 6.05. The van der Waals surface area contributed by atoms with Gasteiger partial charge in [0.2, 0.25) is 11.2 Å². The summed E-state index contributed by atoms with van der Waals surface area (Å²) >= 11 is 0. The van der Waals surface area contributed by atoms with Crippen molar-refractivity contribution < 1.29 is 43.2 Å². The van der Waals surface area contributed by atoms with Gasteiger partial charge in [0, 0.05) is 53.0 Å². The van der Waals surface area contributed by atoms with E-state index >= 15 is 0 Å². The number of nitrogens with zero attached hydrogens (tertiary/aromatic N) is 2. The number of fused-ring (bicyclic) bond motifs is 2. The number of hydrogen-bond donors (Lipinski definition) is 1. The lowest BCUT2D eigenvalue weighted by Crippen LogP contribution is -2.33.